The number of aromatic amines is 2. The zero-order valence-electron chi connectivity index (χ0n) is 9.28. The van der Waals surface area contributed by atoms with Crippen molar-refractivity contribution in [2.24, 2.45) is 0 Å². The van der Waals surface area contributed by atoms with Crippen LogP contribution in [0.3, 0.4) is 0 Å². The van der Waals surface area contributed by atoms with E-state index in [2.05, 4.69) is 32.5 Å². The fourth-order valence-electron chi connectivity index (χ4n) is 1.30. The van der Waals surface area contributed by atoms with Gasteiger partial charge in [0.2, 0.25) is 0 Å². The highest BCUT2D eigenvalue weighted by molar-refractivity contribution is 8.76. The maximum atomic E-state index is 4.18. The average Bonchev–Trinajstić information content (AvgIpc) is 2.83. The molecule has 0 aliphatic carbocycles. The van der Waals surface area contributed by atoms with E-state index in [1.807, 2.05) is 13.8 Å². The molecule has 0 atom stereocenters. The summed E-state index contributed by atoms with van der Waals surface area (Å²) in [7, 11) is 3.61. The van der Waals surface area contributed by atoms with Crippen LogP contribution in [0.4, 0.5) is 0 Å². The number of H-pyrrole nitrogens is 2. The summed E-state index contributed by atoms with van der Waals surface area (Å²) >= 11 is 0. The Morgan fingerprint density at radius 2 is 1.38 bits per heavy atom. The summed E-state index contributed by atoms with van der Waals surface area (Å²) in [5.41, 5.74) is 4.44. The second-order valence-corrected chi connectivity index (χ2v) is 6.07. The van der Waals surface area contributed by atoms with Gasteiger partial charge in [-0.3, -0.25) is 10.2 Å². The van der Waals surface area contributed by atoms with Crippen molar-refractivity contribution in [1.82, 2.24) is 20.4 Å². The SMILES string of the molecule is Cc1cc(CSSCc2cc(C)[nH]n2)n[nH]1. The topological polar surface area (TPSA) is 57.4 Å². The van der Waals surface area contributed by atoms with Gasteiger partial charge in [-0.2, -0.15) is 10.2 Å². The quantitative estimate of drug-likeness (QED) is 0.636. The molecule has 0 fully saturated rings. The highest BCUT2D eigenvalue weighted by atomic mass is 33.1. The van der Waals surface area contributed by atoms with Crippen molar-refractivity contribution < 1.29 is 0 Å². The van der Waals surface area contributed by atoms with E-state index in [4.69, 9.17) is 0 Å². The minimum Gasteiger partial charge on any atom is -0.283 e. The third kappa shape index (κ3) is 3.31. The molecule has 0 unspecified atom stereocenters. The largest absolute Gasteiger partial charge is 0.283 e. The molecule has 2 rings (SSSR count). The molecule has 2 aromatic rings. The zero-order chi connectivity index (χ0) is 11.4. The van der Waals surface area contributed by atoms with Crippen molar-refractivity contribution >= 4 is 21.6 Å². The molecule has 0 saturated carbocycles. The van der Waals surface area contributed by atoms with Crippen LogP contribution in [0, 0.1) is 13.8 Å². The van der Waals surface area contributed by atoms with Gasteiger partial charge in [0.1, 0.15) is 0 Å². The number of hydrogen-bond donors (Lipinski definition) is 2. The van der Waals surface area contributed by atoms with Gasteiger partial charge in [0.05, 0.1) is 11.4 Å². The first-order valence-corrected chi connectivity index (χ1v) is 7.49. The van der Waals surface area contributed by atoms with Gasteiger partial charge < -0.3 is 0 Å². The second kappa shape index (κ2) is 5.45. The Balaban J connectivity index is 1.69. The van der Waals surface area contributed by atoms with Crippen LogP contribution in [-0.2, 0) is 11.5 Å². The minimum absolute atomic E-state index is 0.929. The number of aromatic nitrogens is 4. The summed E-state index contributed by atoms with van der Waals surface area (Å²) in [4.78, 5) is 0. The van der Waals surface area contributed by atoms with Crippen LogP contribution in [-0.4, -0.2) is 20.4 Å². The lowest BCUT2D eigenvalue weighted by Crippen LogP contribution is -1.80. The molecule has 0 aliphatic heterocycles. The highest BCUT2D eigenvalue weighted by Gasteiger charge is 2.01. The molecule has 2 aromatic heterocycles. The second-order valence-electron chi connectivity index (χ2n) is 3.61. The molecular formula is C10H14N4S2. The molecule has 2 N–H and O–H groups in total. The molecule has 0 aromatic carbocycles. The van der Waals surface area contributed by atoms with E-state index in [1.54, 1.807) is 21.6 Å². The van der Waals surface area contributed by atoms with E-state index in [0.29, 0.717) is 0 Å². The lowest BCUT2D eigenvalue weighted by molar-refractivity contribution is 1.01. The Hall–Kier alpha value is -0.880. The molecule has 0 bridgehead atoms. The first-order valence-electron chi connectivity index (χ1n) is 5.00. The highest BCUT2D eigenvalue weighted by Crippen LogP contribution is 2.28. The Bertz CT molecular complexity index is 407. The summed E-state index contributed by atoms with van der Waals surface area (Å²) in [6.07, 6.45) is 0. The first-order chi connectivity index (χ1) is 7.74. The van der Waals surface area contributed by atoms with Gasteiger partial charge in [0.25, 0.3) is 0 Å². The van der Waals surface area contributed by atoms with Gasteiger partial charge in [-0.15, -0.1) is 0 Å². The number of rotatable bonds is 5. The lowest BCUT2D eigenvalue weighted by atomic mass is 10.4. The van der Waals surface area contributed by atoms with Gasteiger partial charge in [-0.1, -0.05) is 21.6 Å². The molecule has 16 heavy (non-hydrogen) atoms. The summed E-state index contributed by atoms with van der Waals surface area (Å²) < 4.78 is 0. The molecular weight excluding hydrogens is 240 g/mol. The maximum Gasteiger partial charge on any atom is 0.0732 e. The van der Waals surface area contributed by atoms with Crippen LogP contribution >= 0.6 is 21.6 Å². The molecule has 2 heterocycles. The minimum atomic E-state index is 0.929. The summed E-state index contributed by atoms with van der Waals surface area (Å²) in [6, 6.07) is 4.15. The van der Waals surface area contributed by atoms with E-state index < -0.39 is 0 Å². The fraction of sp³-hybridized carbons (Fsp3) is 0.400. The smallest absolute Gasteiger partial charge is 0.0732 e. The van der Waals surface area contributed by atoms with Crippen molar-refractivity contribution in [1.29, 1.82) is 0 Å². The van der Waals surface area contributed by atoms with Gasteiger partial charge in [0, 0.05) is 22.9 Å². The van der Waals surface area contributed by atoms with E-state index in [1.165, 1.54) is 0 Å². The Morgan fingerprint density at radius 3 is 1.69 bits per heavy atom. The normalized spacial score (nSPS) is 10.9. The number of nitrogens with one attached hydrogen (secondary N) is 2. The van der Waals surface area contributed by atoms with E-state index in [-0.39, 0.29) is 0 Å². The number of hydrogen-bond acceptors (Lipinski definition) is 4. The van der Waals surface area contributed by atoms with Crippen LogP contribution in [0.2, 0.25) is 0 Å². The molecule has 0 amide bonds. The monoisotopic (exact) mass is 254 g/mol. The molecule has 0 spiro atoms. The number of aryl methyl sites for hydroxylation is 2. The maximum absolute atomic E-state index is 4.18. The van der Waals surface area contributed by atoms with Crippen molar-refractivity contribution in [2.45, 2.75) is 25.4 Å². The first kappa shape index (κ1) is 11.6. The summed E-state index contributed by atoms with van der Waals surface area (Å²) in [5.74, 6) is 1.86. The third-order valence-electron chi connectivity index (χ3n) is 2.01. The van der Waals surface area contributed by atoms with Crippen LogP contribution in [0.1, 0.15) is 22.8 Å². The molecule has 4 nitrogen and oxygen atoms in total. The van der Waals surface area contributed by atoms with Gasteiger partial charge in [-0.05, 0) is 26.0 Å². The standard InChI is InChI=1S/C10H14N4S2/c1-7-3-9(13-11-7)5-15-16-6-10-4-8(2)12-14-10/h3-4H,5-6H2,1-2H3,(H,11,13)(H,12,14). The van der Waals surface area contributed by atoms with Gasteiger partial charge >= 0.3 is 0 Å². The molecule has 0 aliphatic rings. The zero-order valence-corrected chi connectivity index (χ0v) is 10.9. The summed E-state index contributed by atoms with van der Waals surface area (Å²) in [5, 5.41) is 14.2. The molecule has 6 heteroatoms. The fourth-order valence-corrected chi connectivity index (χ4v) is 3.23. The summed E-state index contributed by atoms with van der Waals surface area (Å²) in [6.45, 7) is 4.03. The van der Waals surface area contributed by atoms with Crippen LogP contribution < -0.4 is 0 Å². The van der Waals surface area contributed by atoms with E-state index in [0.717, 1.165) is 34.3 Å². The lowest BCUT2D eigenvalue weighted by Gasteiger charge is -1.95. The van der Waals surface area contributed by atoms with E-state index in [9.17, 15) is 0 Å². The van der Waals surface area contributed by atoms with Crippen LogP contribution in [0.15, 0.2) is 12.1 Å². The van der Waals surface area contributed by atoms with Crippen molar-refractivity contribution in [3.63, 3.8) is 0 Å². The van der Waals surface area contributed by atoms with Gasteiger partial charge in [-0.25, -0.2) is 0 Å². The predicted octanol–water partition coefficient (Wildman–Crippen LogP) is 2.83. The van der Waals surface area contributed by atoms with Gasteiger partial charge in [0.15, 0.2) is 0 Å². The Labute approximate surface area is 102 Å². The van der Waals surface area contributed by atoms with Crippen molar-refractivity contribution in [3.05, 3.63) is 34.9 Å². The average molecular weight is 254 g/mol. The Morgan fingerprint density at radius 1 is 0.938 bits per heavy atom. The van der Waals surface area contributed by atoms with Crippen LogP contribution in [0.25, 0.3) is 0 Å². The third-order valence-corrected chi connectivity index (χ3v) is 4.22. The van der Waals surface area contributed by atoms with Crippen LogP contribution in [0.5, 0.6) is 0 Å². The predicted molar refractivity (Wildman–Crippen MR) is 69.2 cm³/mol. The van der Waals surface area contributed by atoms with Crippen molar-refractivity contribution in [2.75, 3.05) is 0 Å². The molecule has 0 saturated heterocycles. The van der Waals surface area contributed by atoms with Crippen molar-refractivity contribution in [3.8, 4) is 0 Å². The number of nitrogens with zero attached hydrogens (tertiary/aromatic N) is 2. The molecule has 86 valence electrons. The van der Waals surface area contributed by atoms with E-state index >= 15 is 0 Å². The molecule has 0 radical (unpaired) electrons. The Kier molecular flexibility index (Phi) is 3.95.